The number of nitrogens with zero attached hydrogens (tertiary/aromatic N) is 1. The largest absolute Gasteiger partial charge is 0.507 e. The van der Waals surface area contributed by atoms with Crippen LogP contribution in [0.4, 0.5) is 8.78 Å². The number of hydrogen-bond donors (Lipinski definition) is 1. The fourth-order valence-corrected chi connectivity index (χ4v) is 1.22. The third-order valence-electron chi connectivity index (χ3n) is 1.50. The lowest BCUT2D eigenvalue weighted by atomic mass is 10.1. The van der Waals surface area contributed by atoms with Crippen LogP contribution in [0.2, 0.25) is 0 Å². The highest BCUT2D eigenvalue weighted by Crippen LogP contribution is 2.29. The second-order valence-electron chi connectivity index (χ2n) is 2.32. The van der Waals surface area contributed by atoms with Gasteiger partial charge in [0.05, 0.1) is 17.0 Å². The summed E-state index contributed by atoms with van der Waals surface area (Å²) in [5, 5.41) is 17.4. The van der Waals surface area contributed by atoms with E-state index in [4.69, 9.17) is 10.4 Å². The zero-order valence-electron chi connectivity index (χ0n) is 6.31. The van der Waals surface area contributed by atoms with E-state index in [1.807, 2.05) is 0 Å². The van der Waals surface area contributed by atoms with E-state index in [0.717, 1.165) is 6.07 Å². The van der Waals surface area contributed by atoms with Crippen LogP contribution in [-0.4, -0.2) is 5.11 Å². The van der Waals surface area contributed by atoms with E-state index in [0.29, 0.717) is 0 Å². The minimum absolute atomic E-state index is 0.198. The standard InChI is InChI=1S/C8H4BrF2NO/c9-7-5(10)3-6(13)4(1-2-12)8(7)11/h3,13H,1H2. The van der Waals surface area contributed by atoms with Crippen molar-refractivity contribution in [3.05, 3.63) is 27.7 Å². The summed E-state index contributed by atoms with van der Waals surface area (Å²) in [5.74, 6) is -2.37. The van der Waals surface area contributed by atoms with Crippen molar-refractivity contribution in [1.82, 2.24) is 0 Å². The lowest BCUT2D eigenvalue weighted by Crippen LogP contribution is -1.94. The number of phenols is 1. The van der Waals surface area contributed by atoms with Gasteiger partial charge in [-0.1, -0.05) is 0 Å². The molecule has 1 aromatic carbocycles. The maximum Gasteiger partial charge on any atom is 0.148 e. The highest BCUT2D eigenvalue weighted by Gasteiger charge is 2.15. The van der Waals surface area contributed by atoms with Crippen molar-refractivity contribution in [1.29, 1.82) is 5.26 Å². The van der Waals surface area contributed by atoms with Crippen LogP contribution in [0.1, 0.15) is 5.56 Å². The molecule has 0 fully saturated rings. The van der Waals surface area contributed by atoms with Crippen molar-refractivity contribution < 1.29 is 13.9 Å². The zero-order chi connectivity index (χ0) is 10.0. The van der Waals surface area contributed by atoms with Gasteiger partial charge in [0.25, 0.3) is 0 Å². The average Bonchev–Trinajstić information content (AvgIpc) is 2.09. The van der Waals surface area contributed by atoms with Gasteiger partial charge < -0.3 is 5.11 Å². The van der Waals surface area contributed by atoms with Crippen LogP contribution in [-0.2, 0) is 6.42 Å². The molecule has 2 nitrogen and oxygen atoms in total. The Bertz CT molecular complexity index is 387. The minimum Gasteiger partial charge on any atom is -0.507 e. The van der Waals surface area contributed by atoms with Crippen LogP contribution >= 0.6 is 15.9 Å². The summed E-state index contributed by atoms with van der Waals surface area (Å²) in [6, 6.07) is 2.43. The van der Waals surface area contributed by atoms with Gasteiger partial charge in [-0.15, -0.1) is 0 Å². The van der Waals surface area contributed by atoms with Gasteiger partial charge in [-0.05, 0) is 15.9 Å². The van der Waals surface area contributed by atoms with E-state index in [1.54, 1.807) is 6.07 Å². The Labute approximate surface area is 81.5 Å². The molecule has 0 aliphatic carbocycles. The summed E-state index contributed by atoms with van der Waals surface area (Å²) in [5.41, 5.74) is -0.198. The third-order valence-corrected chi connectivity index (χ3v) is 2.22. The molecule has 0 saturated carbocycles. The van der Waals surface area contributed by atoms with E-state index >= 15 is 0 Å². The molecule has 68 valence electrons. The van der Waals surface area contributed by atoms with Gasteiger partial charge in [-0.2, -0.15) is 5.26 Å². The number of rotatable bonds is 1. The summed E-state index contributed by atoms with van der Waals surface area (Å²) in [6.45, 7) is 0. The molecule has 0 heterocycles. The van der Waals surface area contributed by atoms with Gasteiger partial charge >= 0.3 is 0 Å². The Morgan fingerprint density at radius 1 is 1.54 bits per heavy atom. The lowest BCUT2D eigenvalue weighted by Gasteiger charge is -2.04. The van der Waals surface area contributed by atoms with Crippen LogP contribution in [0.15, 0.2) is 10.5 Å². The van der Waals surface area contributed by atoms with Crippen LogP contribution in [0, 0.1) is 23.0 Å². The van der Waals surface area contributed by atoms with Crippen molar-refractivity contribution in [2.75, 3.05) is 0 Å². The molecule has 0 aliphatic rings. The second-order valence-corrected chi connectivity index (χ2v) is 3.11. The first-order valence-electron chi connectivity index (χ1n) is 3.30. The molecule has 5 heteroatoms. The summed E-state index contributed by atoms with van der Waals surface area (Å²) in [4.78, 5) is 0. The smallest absolute Gasteiger partial charge is 0.148 e. The van der Waals surface area contributed by atoms with Crippen LogP contribution in [0.25, 0.3) is 0 Å². The van der Waals surface area contributed by atoms with E-state index in [2.05, 4.69) is 15.9 Å². The average molecular weight is 248 g/mol. The second kappa shape index (κ2) is 3.71. The van der Waals surface area contributed by atoms with E-state index in [-0.39, 0.29) is 16.5 Å². The minimum atomic E-state index is -0.931. The quantitative estimate of drug-likeness (QED) is 0.776. The van der Waals surface area contributed by atoms with Gasteiger partial charge in [0.15, 0.2) is 0 Å². The van der Waals surface area contributed by atoms with Crippen molar-refractivity contribution in [2.45, 2.75) is 6.42 Å². The number of benzene rings is 1. The maximum atomic E-state index is 13.1. The zero-order valence-corrected chi connectivity index (χ0v) is 7.90. The highest BCUT2D eigenvalue weighted by atomic mass is 79.9. The summed E-state index contributed by atoms with van der Waals surface area (Å²) in [6.07, 6.45) is -0.295. The molecule has 0 radical (unpaired) electrons. The van der Waals surface area contributed by atoms with Crippen molar-refractivity contribution >= 4 is 15.9 Å². The Balaban J connectivity index is 3.36. The van der Waals surface area contributed by atoms with Gasteiger partial charge in [-0.25, -0.2) is 8.78 Å². The Morgan fingerprint density at radius 3 is 2.69 bits per heavy atom. The fraction of sp³-hybridized carbons (Fsp3) is 0.125. The molecular weight excluding hydrogens is 244 g/mol. The highest BCUT2D eigenvalue weighted by molar-refractivity contribution is 9.10. The topological polar surface area (TPSA) is 44.0 Å². The third kappa shape index (κ3) is 1.78. The number of aromatic hydroxyl groups is 1. The van der Waals surface area contributed by atoms with E-state index in [1.165, 1.54) is 0 Å². The predicted molar refractivity (Wildman–Crippen MR) is 45.0 cm³/mol. The lowest BCUT2D eigenvalue weighted by molar-refractivity contribution is 0.450. The van der Waals surface area contributed by atoms with Crippen LogP contribution in [0.3, 0.4) is 0 Å². The summed E-state index contributed by atoms with van der Waals surface area (Å²) >= 11 is 2.66. The molecule has 0 saturated heterocycles. The SMILES string of the molecule is N#CCc1c(O)cc(F)c(Br)c1F. The molecule has 0 aliphatic heterocycles. The maximum absolute atomic E-state index is 13.1. The van der Waals surface area contributed by atoms with E-state index in [9.17, 15) is 8.78 Å². The van der Waals surface area contributed by atoms with Crippen molar-refractivity contribution in [3.8, 4) is 11.8 Å². The monoisotopic (exact) mass is 247 g/mol. The summed E-state index contributed by atoms with van der Waals surface area (Å²) in [7, 11) is 0. The number of hydrogen-bond acceptors (Lipinski definition) is 2. The molecule has 0 spiro atoms. The molecule has 0 bridgehead atoms. The Hall–Kier alpha value is -1.15. The molecule has 0 amide bonds. The molecule has 0 aromatic heterocycles. The van der Waals surface area contributed by atoms with Gasteiger partial charge in [0.1, 0.15) is 17.4 Å². The predicted octanol–water partition coefficient (Wildman–Crippen LogP) is 2.50. The number of nitriles is 1. The molecule has 1 N–H and O–H groups in total. The van der Waals surface area contributed by atoms with Gasteiger partial charge in [-0.3, -0.25) is 0 Å². The summed E-state index contributed by atoms with van der Waals surface area (Å²) < 4.78 is 25.5. The first-order chi connectivity index (χ1) is 6.07. The van der Waals surface area contributed by atoms with Crippen LogP contribution in [0.5, 0.6) is 5.75 Å². The number of halogens is 3. The Kier molecular flexibility index (Phi) is 2.83. The molecule has 0 atom stereocenters. The van der Waals surface area contributed by atoms with Crippen molar-refractivity contribution in [2.24, 2.45) is 0 Å². The molecule has 1 rings (SSSR count). The van der Waals surface area contributed by atoms with Gasteiger partial charge in [0.2, 0.25) is 0 Å². The first-order valence-corrected chi connectivity index (χ1v) is 4.09. The molecular formula is C8H4BrF2NO. The first kappa shape index (κ1) is 9.93. The van der Waals surface area contributed by atoms with Gasteiger partial charge in [0, 0.05) is 11.6 Å². The molecule has 13 heavy (non-hydrogen) atoms. The van der Waals surface area contributed by atoms with Crippen molar-refractivity contribution in [3.63, 3.8) is 0 Å². The normalized spacial score (nSPS) is 9.69. The fourth-order valence-electron chi connectivity index (χ4n) is 0.867. The van der Waals surface area contributed by atoms with E-state index < -0.39 is 17.4 Å². The molecule has 0 unspecified atom stereocenters. The number of phenolic OH excluding ortho intramolecular Hbond substituents is 1. The Morgan fingerprint density at radius 2 is 2.15 bits per heavy atom. The van der Waals surface area contributed by atoms with Crippen LogP contribution < -0.4 is 0 Å². The molecule has 1 aromatic rings.